The summed E-state index contributed by atoms with van der Waals surface area (Å²) in [5, 5.41) is 0. The fourth-order valence-corrected chi connectivity index (χ4v) is 1.74. The van der Waals surface area contributed by atoms with Crippen LogP contribution in [0.1, 0.15) is 18.9 Å². The average molecular weight is 250 g/mol. The van der Waals surface area contributed by atoms with E-state index in [2.05, 4.69) is 4.74 Å². The number of methoxy groups -OCH3 is 2. The van der Waals surface area contributed by atoms with Crippen LogP contribution < -0.4 is 4.74 Å². The van der Waals surface area contributed by atoms with Gasteiger partial charge < -0.3 is 9.47 Å². The Labute approximate surface area is 107 Å². The monoisotopic (exact) mass is 250 g/mol. The Morgan fingerprint density at radius 2 is 1.78 bits per heavy atom. The summed E-state index contributed by atoms with van der Waals surface area (Å²) in [4.78, 5) is 23.4. The van der Waals surface area contributed by atoms with Gasteiger partial charge in [-0.3, -0.25) is 9.59 Å². The van der Waals surface area contributed by atoms with Crippen molar-refractivity contribution in [2.24, 2.45) is 5.92 Å². The van der Waals surface area contributed by atoms with Crippen LogP contribution in [0.25, 0.3) is 0 Å². The number of carbonyl (C=O) groups is 2. The fourth-order valence-electron chi connectivity index (χ4n) is 1.74. The van der Waals surface area contributed by atoms with Gasteiger partial charge in [0, 0.05) is 6.42 Å². The highest BCUT2D eigenvalue weighted by molar-refractivity contribution is 5.99. The largest absolute Gasteiger partial charge is 0.497 e. The minimum atomic E-state index is -0.669. The molecule has 1 aromatic carbocycles. The van der Waals surface area contributed by atoms with E-state index in [9.17, 15) is 9.59 Å². The van der Waals surface area contributed by atoms with Crippen molar-refractivity contribution in [3.63, 3.8) is 0 Å². The summed E-state index contributed by atoms with van der Waals surface area (Å²) in [6.45, 7) is 1.80. The molecule has 1 unspecified atom stereocenters. The number of esters is 1. The molecule has 0 saturated heterocycles. The van der Waals surface area contributed by atoms with Gasteiger partial charge in [0.2, 0.25) is 0 Å². The molecule has 0 fully saturated rings. The highest BCUT2D eigenvalue weighted by atomic mass is 16.5. The van der Waals surface area contributed by atoms with Crippen LogP contribution in [0.4, 0.5) is 0 Å². The summed E-state index contributed by atoms with van der Waals surface area (Å²) in [5.41, 5.74) is 0.864. The SMILES string of the molecule is CCC(C(=O)Cc1ccc(OC)cc1)C(=O)OC. The van der Waals surface area contributed by atoms with Crippen molar-refractivity contribution in [1.82, 2.24) is 0 Å². The molecule has 0 aliphatic rings. The van der Waals surface area contributed by atoms with Gasteiger partial charge in [-0.05, 0) is 24.1 Å². The van der Waals surface area contributed by atoms with Gasteiger partial charge in [0.05, 0.1) is 14.2 Å². The molecule has 0 N–H and O–H groups in total. The summed E-state index contributed by atoms with van der Waals surface area (Å²) in [6, 6.07) is 7.23. The molecule has 98 valence electrons. The molecule has 1 atom stereocenters. The highest BCUT2D eigenvalue weighted by Crippen LogP contribution is 2.15. The van der Waals surface area contributed by atoms with E-state index in [1.807, 2.05) is 12.1 Å². The van der Waals surface area contributed by atoms with E-state index in [1.54, 1.807) is 26.2 Å². The van der Waals surface area contributed by atoms with Crippen LogP contribution >= 0.6 is 0 Å². The lowest BCUT2D eigenvalue weighted by atomic mass is 9.96. The van der Waals surface area contributed by atoms with E-state index < -0.39 is 11.9 Å². The normalized spacial score (nSPS) is 11.7. The first kappa shape index (κ1) is 14.2. The molecule has 0 bridgehead atoms. The van der Waals surface area contributed by atoms with E-state index in [-0.39, 0.29) is 12.2 Å². The number of carbonyl (C=O) groups excluding carboxylic acids is 2. The summed E-state index contributed by atoms with van der Waals surface area (Å²) >= 11 is 0. The fraction of sp³-hybridized carbons (Fsp3) is 0.429. The molecule has 0 aliphatic carbocycles. The topological polar surface area (TPSA) is 52.6 Å². The zero-order valence-corrected chi connectivity index (χ0v) is 10.9. The van der Waals surface area contributed by atoms with Gasteiger partial charge in [-0.25, -0.2) is 0 Å². The van der Waals surface area contributed by atoms with Crippen LogP contribution in [0.15, 0.2) is 24.3 Å². The number of ketones is 1. The third-order valence-electron chi connectivity index (χ3n) is 2.82. The Balaban J connectivity index is 2.70. The minimum absolute atomic E-state index is 0.116. The molecular formula is C14H18O4. The van der Waals surface area contributed by atoms with Gasteiger partial charge >= 0.3 is 5.97 Å². The molecule has 0 saturated carbocycles. The van der Waals surface area contributed by atoms with Crippen molar-refractivity contribution in [3.05, 3.63) is 29.8 Å². The number of rotatable bonds is 6. The van der Waals surface area contributed by atoms with Crippen molar-refractivity contribution in [1.29, 1.82) is 0 Å². The summed E-state index contributed by atoms with van der Waals surface area (Å²) in [5.74, 6) is -0.506. The second kappa shape index (κ2) is 6.79. The molecule has 0 aliphatic heterocycles. The van der Waals surface area contributed by atoms with Crippen molar-refractivity contribution in [2.75, 3.05) is 14.2 Å². The summed E-state index contributed by atoms with van der Waals surface area (Å²) < 4.78 is 9.66. The van der Waals surface area contributed by atoms with Crippen molar-refractivity contribution in [2.45, 2.75) is 19.8 Å². The van der Waals surface area contributed by atoms with Crippen LogP contribution in [0.3, 0.4) is 0 Å². The first-order valence-corrected chi connectivity index (χ1v) is 5.85. The van der Waals surface area contributed by atoms with E-state index in [0.29, 0.717) is 6.42 Å². The van der Waals surface area contributed by atoms with Gasteiger partial charge in [-0.1, -0.05) is 19.1 Å². The van der Waals surface area contributed by atoms with Crippen LogP contribution in [0.5, 0.6) is 5.75 Å². The van der Waals surface area contributed by atoms with E-state index in [4.69, 9.17) is 4.74 Å². The Morgan fingerprint density at radius 3 is 2.22 bits per heavy atom. The molecule has 18 heavy (non-hydrogen) atoms. The number of hydrogen-bond donors (Lipinski definition) is 0. The zero-order valence-electron chi connectivity index (χ0n) is 10.9. The predicted molar refractivity (Wildman–Crippen MR) is 67.5 cm³/mol. The van der Waals surface area contributed by atoms with Crippen molar-refractivity contribution >= 4 is 11.8 Å². The molecule has 1 rings (SSSR count). The molecule has 4 nitrogen and oxygen atoms in total. The van der Waals surface area contributed by atoms with Gasteiger partial charge in [0.25, 0.3) is 0 Å². The van der Waals surface area contributed by atoms with Gasteiger partial charge in [0.1, 0.15) is 11.7 Å². The maximum Gasteiger partial charge on any atom is 0.316 e. The van der Waals surface area contributed by atoms with Gasteiger partial charge in [-0.2, -0.15) is 0 Å². The smallest absolute Gasteiger partial charge is 0.316 e. The summed E-state index contributed by atoms with van der Waals surface area (Å²) in [7, 11) is 2.89. The second-order valence-corrected chi connectivity index (χ2v) is 3.98. The van der Waals surface area contributed by atoms with Crippen LogP contribution in [-0.2, 0) is 20.7 Å². The Kier molecular flexibility index (Phi) is 5.36. The molecule has 4 heteroatoms. The lowest BCUT2D eigenvalue weighted by Gasteiger charge is -2.11. The Bertz CT molecular complexity index is 408. The van der Waals surface area contributed by atoms with Gasteiger partial charge in [-0.15, -0.1) is 0 Å². The van der Waals surface area contributed by atoms with Crippen LogP contribution in [0, 0.1) is 5.92 Å². The van der Waals surface area contributed by atoms with E-state index >= 15 is 0 Å². The first-order valence-electron chi connectivity index (χ1n) is 5.85. The standard InChI is InChI=1S/C14H18O4/c1-4-12(14(16)18-3)13(15)9-10-5-7-11(17-2)8-6-10/h5-8,12H,4,9H2,1-3H3. The second-order valence-electron chi connectivity index (χ2n) is 3.98. The lowest BCUT2D eigenvalue weighted by molar-refractivity contribution is -0.149. The highest BCUT2D eigenvalue weighted by Gasteiger charge is 2.25. The maximum atomic E-state index is 12.0. The van der Waals surface area contributed by atoms with E-state index in [1.165, 1.54) is 7.11 Å². The third-order valence-corrected chi connectivity index (χ3v) is 2.82. The van der Waals surface area contributed by atoms with Crippen LogP contribution in [-0.4, -0.2) is 26.0 Å². The van der Waals surface area contributed by atoms with Crippen LogP contribution in [0.2, 0.25) is 0 Å². The Hall–Kier alpha value is -1.84. The number of hydrogen-bond acceptors (Lipinski definition) is 4. The molecule has 0 radical (unpaired) electrons. The third kappa shape index (κ3) is 3.58. The number of Topliss-reactive ketones (excluding diaryl/α,β-unsaturated/α-hetero) is 1. The number of ether oxygens (including phenoxy) is 2. The van der Waals surface area contributed by atoms with Crippen molar-refractivity contribution in [3.8, 4) is 5.75 Å². The quantitative estimate of drug-likeness (QED) is 0.572. The molecule has 0 amide bonds. The molecule has 0 heterocycles. The number of benzene rings is 1. The average Bonchev–Trinajstić information content (AvgIpc) is 2.40. The van der Waals surface area contributed by atoms with Crippen molar-refractivity contribution < 1.29 is 19.1 Å². The Morgan fingerprint density at radius 1 is 1.17 bits per heavy atom. The first-order chi connectivity index (χ1) is 8.62. The molecule has 0 aromatic heterocycles. The minimum Gasteiger partial charge on any atom is -0.497 e. The molecule has 1 aromatic rings. The maximum absolute atomic E-state index is 12.0. The molecular weight excluding hydrogens is 232 g/mol. The lowest BCUT2D eigenvalue weighted by Crippen LogP contribution is -2.26. The predicted octanol–water partition coefficient (Wildman–Crippen LogP) is 2.01. The zero-order chi connectivity index (χ0) is 13.5. The summed E-state index contributed by atoms with van der Waals surface area (Å²) in [6.07, 6.45) is 0.694. The van der Waals surface area contributed by atoms with Gasteiger partial charge in [0.15, 0.2) is 5.78 Å². The van der Waals surface area contributed by atoms with E-state index in [0.717, 1.165) is 11.3 Å². The molecule has 0 spiro atoms.